The van der Waals surface area contributed by atoms with Gasteiger partial charge in [-0.2, -0.15) is 23.5 Å². The largest absolute Gasteiger partial charge is 0.398 e. The van der Waals surface area contributed by atoms with Crippen LogP contribution in [-0.2, 0) is 0 Å². The third-order valence-corrected chi connectivity index (χ3v) is 5.81. The summed E-state index contributed by atoms with van der Waals surface area (Å²) < 4.78 is 0. The third kappa shape index (κ3) is 3.73. The Morgan fingerprint density at radius 1 is 1.50 bits per heavy atom. The van der Waals surface area contributed by atoms with Gasteiger partial charge < -0.3 is 11.1 Å². The second kappa shape index (κ2) is 6.59. The Bertz CT molecular complexity index is 436. The van der Waals surface area contributed by atoms with Gasteiger partial charge in [0.2, 0.25) is 0 Å². The second-order valence-electron chi connectivity index (χ2n) is 4.01. The van der Waals surface area contributed by atoms with E-state index in [4.69, 9.17) is 17.3 Å². The lowest BCUT2D eigenvalue weighted by Crippen LogP contribution is -2.33. The average Bonchev–Trinajstić information content (AvgIpc) is 2.40. The molecule has 6 heteroatoms. The zero-order valence-electron chi connectivity index (χ0n) is 9.82. The topological polar surface area (TPSA) is 55.1 Å². The maximum Gasteiger partial charge on any atom is 0.251 e. The lowest BCUT2D eigenvalue weighted by atomic mass is 10.2. The molecular weight excluding hydrogens is 288 g/mol. The number of halogens is 1. The Hall–Kier alpha value is -0.520. The van der Waals surface area contributed by atoms with Gasteiger partial charge >= 0.3 is 0 Å². The van der Waals surface area contributed by atoms with E-state index in [-0.39, 0.29) is 5.91 Å². The van der Waals surface area contributed by atoms with E-state index in [0.717, 1.165) is 5.75 Å². The molecule has 0 aliphatic carbocycles. The van der Waals surface area contributed by atoms with Gasteiger partial charge in [0.15, 0.2) is 0 Å². The maximum atomic E-state index is 11.9. The summed E-state index contributed by atoms with van der Waals surface area (Å²) in [6.45, 7) is 0.707. The molecular formula is C12H15ClN2OS2. The lowest BCUT2D eigenvalue weighted by molar-refractivity contribution is 0.0954. The standard InChI is InChI=1S/C12H15ClN2OS2/c13-10-5-8(1-2-11(10)14)12(16)15-6-9-7-17-3-4-18-9/h1-2,5,9H,3-4,6-7,14H2,(H,15,16). The fourth-order valence-electron chi connectivity index (χ4n) is 1.63. The van der Waals surface area contributed by atoms with E-state index in [1.807, 2.05) is 23.5 Å². The predicted octanol–water partition coefficient (Wildman–Crippen LogP) is 2.50. The minimum atomic E-state index is -0.0897. The number of amides is 1. The zero-order chi connectivity index (χ0) is 13.0. The van der Waals surface area contributed by atoms with Gasteiger partial charge in [0.25, 0.3) is 5.91 Å². The van der Waals surface area contributed by atoms with Crippen molar-refractivity contribution in [2.24, 2.45) is 0 Å². The van der Waals surface area contributed by atoms with Crippen molar-refractivity contribution in [3.8, 4) is 0 Å². The molecule has 2 rings (SSSR count). The van der Waals surface area contributed by atoms with Gasteiger partial charge in [0, 0.05) is 34.6 Å². The Balaban J connectivity index is 1.88. The van der Waals surface area contributed by atoms with Crippen LogP contribution in [0.3, 0.4) is 0 Å². The summed E-state index contributed by atoms with van der Waals surface area (Å²) in [5.41, 5.74) is 6.66. The number of nitrogens with two attached hydrogens (primary N) is 1. The third-order valence-electron chi connectivity index (χ3n) is 2.64. The number of hydrogen-bond acceptors (Lipinski definition) is 4. The SMILES string of the molecule is Nc1ccc(C(=O)NCC2CSCCS2)cc1Cl. The van der Waals surface area contributed by atoms with Gasteiger partial charge in [0.1, 0.15) is 0 Å². The summed E-state index contributed by atoms with van der Waals surface area (Å²) in [6, 6.07) is 4.96. The van der Waals surface area contributed by atoms with Gasteiger partial charge in [-0.15, -0.1) is 0 Å². The summed E-state index contributed by atoms with van der Waals surface area (Å²) in [4.78, 5) is 11.9. The van der Waals surface area contributed by atoms with E-state index in [1.54, 1.807) is 18.2 Å². The van der Waals surface area contributed by atoms with Crippen molar-refractivity contribution in [2.45, 2.75) is 5.25 Å². The van der Waals surface area contributed by atoms with Crippen LogP contribution in [0.1, 0.15) is 10.4 Å². The molecule has 1 aliphatic rings. The minimum absolute atomic E-state index is 0.0897. The fourth-order valence-corrected chi connectivity index (χ4v) is 4.42. The molecule has 1 amide bonds. The van der Waals surface area contributed by atoms with Crippen molar-refractivity contribution >= 4 is 46.7 Å². The number of rotatable bonds is 3. The molecule has 1 unspecified atom stereocenters. The Morgan fingerprint density at radius 3 is 3.00 bits per heavy atom. The highest BCUT2D eigenvalue weighted by molar-refractivity contribution is 8.06. The average molecular weight is 303 g/mol. The number of nitrogens with one attached hydrogen (secondary N) is 1. The predicted molar refractivity (Wildman–Crippen MR) is 81.8 cm³/mol. The molecule has 3 nitrogen and oxygen atoms in total. The molecule has 18 heavy (non-hydrogen) atoms. The van der Waals surface area contributed by atoms with E-state index in [9.17, 15) is 4.79 Å². The first-order valence-electron chi connectivity index (χ1n) is 5.69. The van der Waals surface area contributed by atoms with Gasteiger partial charge in [-0.25, -0.2) is 0 Å². The number of anilines is 1. The minimum Gasteiger partial charge on any atom is -0.398 e. The van der Waals surface area contributed by atoms with Crippen molar-refractivity contribution in [1.82, 2.24) is 5.32 Å². The number of nitrogen functional groups attached to an aromatic ring is 1. The summed E-state index contributed by atoms with van der Waals surface area (Å²) in [5.74, 6) is 3.39. The first-order valence-corrected chi connectivity index (χ1v) is 8.27. The summed E-state index contributed by atoms with van der Waals surface area (Å²) in [6.07, 6.45) is 0. The van der Waals surface area contributed by atoms with Crippen LogP contribution in [0.5, 0.6) is 0 Å². The van der Waals surface area contributed by atoms with E-state index in [1.165, 1.54) is 11.5 Å². The van der Waals surface area contributed by atoms with Crippen molar-refractivity contribution in [3.63, 3.8) is 0 Å². The van der Waals surface area contributed by atoms with E-state index in [2.05, 4.69) is 5.32 Å². The Morgan fingerprint density at radius 2 is 2.33 bits per heavy atom. The molecule has 1 saturated heterocycles. The monoisotopic (exact) mass is 302 g/mol. The van der Waals surface area contributed by atoms with Crippen LogP contribution in [0.25, 0.3) is 0 Å². The van der Waals surface area contributed by atoms with Gasteiger partial charge in [-0.05, 0) is 18.2 Å². The van der Waals surface area contributed by atoms with Gasteiger partial charge in [0.05, 0.1) is 10.7 Å². The number of benzene rings is 1. The molecule has 0 aromatic heterocycles. The van der Waals surface area contributed by atoms with Crippen LogP contribution >= 0.6 is 35.1 Å². The van der Waals surface area contributed by atoms with Crippen LogP contribution in [0.4, 0.5) is 5.69 Å². The Kier molecular flexibility index (Phi) is 5.09. The van der Waals surface area contributed by atoms with Crippen molar-refractivity contribution in [3.05, 3.63) is 28.8 Å². The molecule has 0 saturated carbocycles. The first-order chi connectivity index (χ1) is 8.66. The van der Waals surface area contributed by atoms with Crippen LogP contribution in [0, 0.1) is 0 Å². The fraction of sp³-hybridized carbons (Fsp3) is 0.417. The quantitative estimate of drug-likeness (QED) is 0.842. The normalized spacial score (nSPS) is 19.5. The molecule has 0 radical (unpaired) electrons. The maximum absolute atomic E-state index is 11.9. The number of carbonyl (C=O) groups excluding carboxylic acids is 1. The molecule has 3 N–H and O–H groups in total. The molecule has 1 aliphatic heterocycles. The first kappa shape index (κ1) is 13.9. The molecule has 1 aromatic rings. The molecule has 0 bridgehead atoms. The highest BCUT2D eigenvalue weighted by atomic mass is 35.5. The molecule has 1 atom stereocenters. The van der Waals surface area contributed by atoms with Crippen molar-refractivity contribution in [1.29, 1.82) is 0 Å². The number of carbonyl (C=O) groups is 1. The smallest absolute Gasteiger partial charge is 0.251 e. The highest BCUT2D eigenvalue weighted by Crippen LogP contribution is 2.23. The zero-order valence-corrected chi connectivity index (χ0v) is 12.2. The summed E-state index contributed by atoms with van der Waals surface area (Å²) >= 11 is 9.76. The highest BCUT2D eigenvalue weighted by Gasteiger charge is 2.15. The molecule has 1 fully saturated rings. The molecule has 0 spiro atoms. The lowest BCUT2D eigenvalue weighted by Gasteiger charge is -2.21. The van der Waals surface area contributed by atoms with Gasteiger partial charge in [-0.1, -0.05) is 11.6 Å². The number of hydrogen-bond donors (Lipinski definition) is 2. The van der Waals surface area contributed by atoms with Crippen LogP contribution in [0.2, 0.25) is 5.02 Å². The Labute approximate surface area is 120 Å². The molecule has 1 aromatic carbocycles. The van der Waals surface area contributed by atoms with E-state index in [0.29, 0.717) is 28.1 Å². The van der Waals surface area contributed by atoms with Crippen LogP contribution in [0.15, 0.2) is 18.2 Å². The second-order valence-corrected chi connectivity index (χ2v) is 6.98. The van der Waals surface area contributed by atoms with Crippen LogP contribution < -0.4 is 11.1 Å². The number of thioether (sulfide) groups is 2. The van der Waals surface area contributed by atoms with E-state index >= 15 is 0 Å². The van der Waals surface area contributed by atoms with Crippen molar-refractivity contribution < 1.29 is 4.79 Å². The van der Waals surface area contributed by atoms with Gasteiger partial charge in [-0.3, -0.25) is 4.79 Å². The molecule has 98 valence electrons. The summed E-state index contributed by atoms with van der Waals surface area (Å²) in [5, 5.41) is 3.88. The molecule has 1 heterocycles. The van der Waals surface area contributed by atoms with Crippen molar-refractivity contribution in [2.75, 3.05) is 29.5 Å². The van der Waals surface area contributed by atoms with E-state index < -0.39 is 0 Å². The van der Waals surface area contributed by atoms with Crippen LogP contribution in [-0.4, -0.2) is 35.0 Å². The summed E-state index contributed by atoms with van der Waals surface area (Å²) in [7, 11) is 0.